The van der Waals surface area contributed by atoms with E-state index < -0.39 is 10.0 Å². The normalized spacial score (nSPS) is 11.2. The molecule has 140 valence electrons. The molecule has 0 unspecified atom stereocenters. The molecule has 27 heavy (non-hydrogen) atoms. The Morgan fingerprint density at radius 3 is 2.22 bits per heavy atom. The number of rotatable bonds is 7. The molecule has 0 amide bonds. The van der Waals surface area contributed by atoms with Gasteiger partial charge in [-0.2, -0.15) is 0 Å². The van der Waals surface area contributed by atoms with Crippen molar-refractivity contribution in [1.82, 2.24) is 4.98 Å². The van der Waals surface area contributed by atoms with Crippen LogP contribution < -0.4 is 10.0 Å². The highest BCUT2D eigenvalue weighted by Crippen LogP contribution is 2.20. The zero-order valence-corrected chi connectivity index (χ0v) is 16.3. The molecule has 3 rings (SSSR count). The van der Waals surface area contributed by atoms with Gasteiger partial charge in [0, 0.05) is 5.69 Å². The van der Waals surface area contributed by atoms with Crippen molar-refractivity contribution in [3.05, 3.63) is 83.6 Å². The van der Waals surface area contributed by atoms with Crippen LogP contribution in [0.5, 0.6) is 0 Å². The fourth-order valence-electron chi connectivity index (χ4n) is 2.85. The highest BCUT2D eigenvalue weighted by atomic mass is 32.2. The van der Waals surface area contributed by atoms with Crippen LogP contribution in [0.15, 0.2) is 66.9 Å². The van der Waals surface area contributed by atoms with Gasteiger partial charge in [0.1, 0.15) is 5.82 Å². The number of nitrogens with zero attached hydrogens (tertiary/aromatic N) is 1. The van der Waals surface area contributed by atoms with Crippen LogP contribution in [0, 0.1) is 13.8 Å². The molecule has 0 bridgehead atoms. The maximum absolute atomic E-state index is 12.3. The molecule has 1 heterocycles. The van der Waals surface area contributed by atoms with Gasteiger partial charge in [0.25, 0.3) is 0 Å². The van der Waals surface area contributed by atoms with Gasteiger partial charge in [0.2, 0.25) is 10.0 Å². The van der Waals surface area contributed by atoms with Crippen LogP contribution in [0.4, 0.5) is 17.2 Å². The summed E-state index contributed by atoms with van der Waals surface area (Å²) in [6, 6.07) is 19.2. The number of hydrogen-bond donors (Lipinski definition) is 2. The van der Waals surface area contributed by atoms with E-state index in [0.29, 0.717) is 12.2 Å². The predicted octanol–water partition coefficient (Wildman–Crippen LogP) is 4.43. The molecule has 3 aromatic rings. The zero-order valence-electron chi connectivity index (χ0n) is 15.4. The van der Waals surface area contributed by atoms with E-state index in [1.54, 1.807) is 18.3 Å². The van der Waals surface area contributed by atoms with Gasteiger partial charge >= 0.3 is 0 Å². The van der Waals surface area contributed by atoms with Crippen molar-refractivity contribution in [3.63, 3.8) is 0 Å². The Hall–Kier alpha value is -2.86. The number of pyridine rings is 1. The number of benzene rings is 2. The van der Waals surface area contributed by atoms with Crippen LogP contribution in [0.25, 0.3) is 0 Å². The average Bonchev–Trinajstić information content (AvgIpc) is 2.62. The van der Waals surface area contributed by atoms with E-state index in [1.807, 2.05) is 56.3 Å². The predicted molar refractivity (Wildman–Crippen MR) is 111 cm³/mol. The summed E-state index contributed by atoms with van der Waals surface area (Å²) in [4.78, 5) is 4.21. The maximum atomic E-state index is 12.3. The highest BCUT2D eigenvalue weighted by Gasteiger charge is 2.11. The van der Waals surface area contributed by atoms with Gasteiger partial charge in [0.05, 0.1) is 17.6 Å². The second-order valence-corrected chi connectivity index (χ2v) is 8.43. The molecule has 0 aliphatic carbocycles. The topological polar surface area (TPSA) is 71.1 Å². The van der Waals surface area contributed by atoms with Gasteiger partial charge in [-0.1, -0.05) is 36.4 Å². The lowest BCUT2D eigenvalue weighted by molar-refractivity contribution is 0.600. The molecular formula is C21H23N3O2S. The van der Waals surface area contributed by atoms with E-state index in [4.69, 9.17) is 0 Å². The van der Waals surface area contributed by atoms with Crippen LogP contribution >= 0.6 is 0 Å². The van der Waals surface area contributed by atoms with Crippen molar-refractivity contribution in [1.29, 1.82) is 0 Å². The molecule has 0 atom stereocenters. The SMILES string of the molecule is Cc1cc(C)cc(Nc2ccc(NS(=O)(=O)CCc3ccccc3)nc2)c1. The van der Waals surface area contributed by atoms with Crippen LogP contribution in [-0.2, 0) is 16.4 Å². The molecule has 0 fully saturated rings. The Labute approximate surface area is 160 Å². The number of aromatic nitrogens is 1. The van der Waals surface area contributed by atoms with Crippen LogP contribution in [0.3, 0.4) is 0 Å². The first kappa shape index (κ1) is 18.9. The maximum Gasteiger partial charge on any atom is 0.234 e. The standard InChI is InChI=1S/C21H23N3O2S/c1-16-12-17(2)14-20(13-16)23-19-8-9-21(22-15-19)24-27(25,26)11-10-18-6-4-3-5-7-18/h3-9,12-15,23H,10-11H2,1-2H3,(H,22,24). The highest BCUT2D eigenvalue weighted by molar-refractivity contribution is 7.92. The zero-order chi connectivity index (χ0) is 19.3. The van der Waals surface area contributed by atoms with Gasteiger partial charge in [-0.3, -0.25) is 4.72 Å². The van der Waals surface area contributed by atoms with E-state index in [-0.39, 0.29) is 5.75 Å². The van der Waals surface area contributed by atoms with E-state index in [9.17, 15) is 8.42 Å². The van der Waals surface area contributed by atoms with Gasteiger partial charge in [-0.15, -0.1) is 0 Å². The quantitative estimate of drug-likeness (QED) is 0.635. The van der Waals surface area contributed by atoms with Crippen molar-refractivity contribution in [2.45, 2.75) is 20.3 Å². The van der Waals surface area contributed by atoms with Gasteiger partial charge in [0.15, 0.2) is 0 Å². The van der Waals surface area contributed by atoms with Crippen molar-refractivity contribution < 1.29 is 8.42 Å². The minimum absolute atomic E-state index is 0.0151. The Balaban J connectivity index is 1.61. The molecule has 1 aromatic heterocycles. The molecule has 2 aromatic carbocycles. The van der Waals surface area contributed by atoms with Crippen LogP contribution in [0.1, 0.15) is 16.7 Å². The fraction of sp³-hybridized carbons (Fsp3) is 0.190. The summed E-state index contributed by atoms with van der Waals surface area (Å²) in [7, 11) is -3.45. The van der Waals surface area contributed by atoms with Crippen molar-refractivity contribution in [3.8, 4) is 0 Å². The Kier molecular flexibility index (Phi) is 5.76. The first-order chi connectivity index (χ1) is 12.9. The first-order valence-electron chi connectivity index (χ1n) is 8.75. The number of nitrogens with one attached hydrogen (secondary N) is 2. The second-order valence-electron chi connectivity index (χ2n) is 6.59. The van der Waals surface area contributed by atoms with E-state index in [0.717, 1.165) is 16.9 Å². The van der Waals surface area contributed by atoms with Gasteiger partial charge in [-0.25, -0.2) is 13.4 Å². The number of hydrogen-bond acceptors (Lipinski definition) is 4. The third kappa shape index (κ3) is 5.82. The van der Waals surface area contributed by atoms with Crippen molar-refractivity contribution in [2.75, 3.05) is 15.8 Å². The lowest BCUT2D eigenvalue weighted by Crippen LogP contribution is -2.18. The summed E-state index contributed by atoms with van der Waals surface area (Å²) < 4.78 is 27.0. The smallest absolute Gasteiger partial charge is 0.234 e. The third-order valence-corrected chi connectivity index (χ3v) is 5.30. The minimum atomic E-state index is -3.45. The summed E-state index contributed by atoms with van der Waals surface area (Å²) in [5.41, 5.74) is 5.11. The van der Waals surface area contributed by atoms with Crippen LogP contribution in [-0.4, -0.2) is 19.2 Å². The number of aryl methyl sites for hydroxylation is 3. The Morgan fingerprint density at radius 1 is 0.889 bits per heavy atom. The molecular weight excluding hydrogens is 358 g/mol. The molecule has 0 spiro atoms. The molecule has 0 saturated heterocycles. The lowest BCUT2D eigenvalue weighted by Gasteiger charge is -2.10. The van der Waals surface area contributed by atoms with Gasteiger partial charge < -0.3 is 5.32 Å². The molecule has 0 aliphatic heterocycles. The molecule has 2 N–H and O–H groups in total. The van der Waals surface area contributed by atoms with Crippen molar-refractivity contribution >= 4 is 27.2 Å². The molecule has 0 aliphatic rings. The Bertz CT molecular complexity index is 981. The summed E-state index contributed by atoms with van der Waals surface area (Å²) in [5.74, 6) is 0.329. The minimum Gasteiger partial charge on any atom is -0.354 e. The molecule has 5 nitrogen and oxygen atoms in total. The molecule has 0 saturated carbocycles. The lowest BCUT2D eigenvalue weighted by atomic mass is 10.1. The summed E-state index contributed by atoms with van der Waals surface area (Å²) in [5, 5.41) is 3.28. The largest absolute Gasteiger partial charge is 0.354 e. The summed E-state index contributed by atoms with van der Waals surface area (Å²) >= 11 is 0. The van der Waals surface area contributed by atoms with Crippen molar-refractivity contribution in [2.24, 2.45) is 0 Å². The van der Waals surface area contributed by atoms with Crippen LogP contribution in [0.2, 0.25) is 0 Å². The summed E-state index contributed by atoms with van der Waals surface area (Å²) in [6.45, 7) is 4.09. The third-order valence-electron chi connectivity index (χ3n) is 4.04. The second kappa shape index (κ2) is 8.22. The summed E-state index contributed by atoms with van der Waals surface area (Å²) in [6.07, 6.45) is 2.08. The molecule has 0 radical (unpaired) electrons. The number of sulfonamides is 1. The van der Waals surface area contributed by atoms with E-state index in [2.05, 4.69) is 21.1 Å². The number of anilines is 3. The monoisotopic (exact) mass is 381 g/mol. The van der Waals surface area contributed by atoms with Gasteiger partial charge in [-0.05, 0) is 61.2 Å². The molecule has 6 heteroatoms. The Morgan fingerprint density at radius 2 is 1.59 bits per heavy atom. The fourth-order valence-corrected chi connectivity index (χ4v) is 3.89. The van der Waals surface area contributed by atoms with E-state index in [1.165, 1.54) is 11.1 Å². The average molecular weight is 382 g/mol. The van der Waals surface area contributed by atoms with E-state index >= 15 is 0 Å². The first-order valence-corrected chi connectivity index (χ1v) is 10.4.